The summed E-state index contributed by atoms with van der Waals surface area (Å²) in [5, 5.41) is 5.55. The minimum absolute atomic E-state index is 0.128. The van der Waals surface area contributed by atoms with Crippen LogP contribution in [0.2, 0.25) is 0 Å². The molecule has 0 saturated carbocycles. The molecule has 0 aliphatic heterocycles. The number of carbonyl (C=O) groups excluding carboxylic acids is 1. The SMILES string of the molecule is CC(=O)Nc1cc(NCc2ccc(F)cc2C)ccc1F. The van der Waals surface area contributed by atoms with Gasteiger partial charge in [-0.05, 0) is 48.4 Å². The highest BCUT2D eigenvalue weighted by molar-refractivity contribution is 5.89. The molecule has 2 N–H and O–H groups in total. The third kappa shape index (κ3) is 4.02. The summed E-state index contributed by atoms with van der Waals surface area (Å²) in [5.41, 5.74) is 2.58. The summed E-state index contributed by atoms with van der Waals surface area (Å²) in [7, 11) is 0. The zero-order chi connectivity index (χ0) is 15.4. The van der Waals surface area contributed by atoms with E-state index in [2.05, 4.69) is 10.6 Å². The highest BCUT2D eigenvalue weighted by atomic mass is 19.1. The molecule has 0 unspecified atom stereocenters. The van der Waals surface area contributed by atoms with Gasteiger partial charge in [-0.25, -0.2) is 8.78 Å². The van der Waals surface area contributed by atoms with Gasteiger partial charge in [0.2, 0.25) is 5.91 Å². The molecule has 0 spiro atoms. The smallest absolute Gasteiger partial charge is 0.221 e. The van der Waals surface area contributed by atoms with E-state index in [-0.39, 0.29) is 17.4 Å². The third-order valence-electron chi connectivity index (χ3n) is 3.06. The molecule has 110 valence electrons. The molecule has 2 aromatic rings. The Morgan fingerprint density at radius 2 is 1.90 bits per heavy atom. The van der Waals surface area contributed by atoms with Gasteiger partial charge in [0.25, 0.3) is 0 Å². The topological polar surface area (TPSA) is 41.1 Å². The third-order valence-corrected chi connectivity index (χ3v) is 3.06. The Kier molecular flexibility index (Phi) is 4.52. The van der Waals surface area contributed by atoms with Crippen LogP contribution in [0.1, 0.15) is 18.1 Å². The fraction of sp³-hybridized carbons (Fsp3) is 0.188. The van der Waals surface area contributed by atoms with Crippen molar-refractivity contribution in [2.24, 2.45) is 0 Å². The van der Waals surface area contributed by atoms with Gasteiger partial charge in [-0.1, -0.05) is 6.07 Å². The molecule has 0 bridgehead atoms. The van der Waals surface area contributed by atoms with E-state index < -0.39 is 5.82 Å². The molecule has 0 saturated heterocycles. The maximum Gasteiger partial charge on any atom is 0.221 e. The van der Waals surface area contributed by atoms with Crippen LogP contribution in [0.25, 0.3) is 0 Å². The highest BCUT2D eigenvalue weighted by Gasteiger charge is 2.06. The van der Waals surface area contributed by atoms with Crippen molar-refractivity contribution in [3.05, 3.63) is 59.2 Å². The van der Waals surface area contributed by atoms with Gasteiger partial charge in [0.05, 0.1) is 5.69 Å². The molecule has 0 aliphatic rings. The maximum absolute atomic E-state index is 13.5. The van der Waals surface area contributed by atoms with Crippen molar-refractivity contribution in [3.8, 4) is 0 Å². The zero-order valence-electron chi connectivity index (χ0n) is 11.8. The fourth-order valence-corrected chi connectivity index (χ4v) is 1.98. The van der Waals surface area contributed by atoms with Crippen LogP contribution in [0.3, 0.4) is 0 Å². The molecule has 0 radical (unpaired) electrons. The summed E-state index contributed by atoms with van der Waals surface area (Å²) >= 11 is 0. The number of hydrogen-bond acceptors (Lipinski definition) is 2. The number of amides is 1. The number of carbonyl (C=O) groups is 1. The molecule has 0 aliphatic carbocycles. The highest BCUT2D eigenvalue weighted by Crippen LogP contribution is 2.21. The van der Waals surface area contributed by atoms with E-state index in [9.17, 15) is 13.6 Å². The van der Waals surface area contributed by atoms with E-state index in [0.29, 0.717) is 12.2 Å². The largest absolute Gasteiger partial charge is 0.381 e. The number of halogens is 2. The molecule has 21 heavy (non-hydrogen) atoms. The lowest BCUT2D eigenvalue weighted by Crippen LogP contribution is -2.08. The normalized spacial score (nSPS) is 10.3. The average Bonchev–Trinajstić information content (AvgIpc) is 2.40. The Bertz CT molecular complexity index is 671. The minimum atomic E-state index is -0.492. The molecule has 0 atom stereocenters. The van der Waals surface area contributed by atoms with Crippen molar-refractivity contribution in [2.45, 2.75) is 20.4 Å². The molecule has 0 fully saturated rings. The van der Waals surface area contributed by atoms with E-state index in [1.165, 1.54) is 31.2 Å². The Hall–Kier alpha value is -2.43. The van der Waals surface area contributed by atoms with Gasteiger partial charge in [0, 0.05) is 19.2 Å². The summed E-state index contributed by atoms with van der Waals surface area (Å²) in [4.78, 5) is 11.0. The Morgan fingerprint density at radius 3 is 2.57 bits per heavy atom. The van der Waals surface area contributed by atoms with Crippen LogP contribution >= 0.6 is 0 Å². The zero-order valence-corrected chi connectivity index (χ0v) is 11.8. The first-order valence-electron chi connectivity index (χ1n) is 6.52. The second-order valence-corrected chi connectivity index (χ2v) is 4.80. The Morgan fingerprint density at radius 1 is 1.14 bits per heavy atom. The number of aryl methyl sites for hydroxylation is 1. The molecule has 5 heteroatoms. The standard InChI is InChI=1S/C16H16F2N2O/c1-10-7-13(17)4-3-12(10)9-19-14-5-6-15(18)16(8-14)20-11(2)21/h3-8,19H,9H2,1-2H3,(H,20,21). The fourth-order valence-electron chi connectivity index (χ4n) is 1.98. The van der Waals surface area contributed by atoms with Gasteiger partial charge in [0.1, 0.15) is 11.6 Å². The predicted molar refractivity (Wildman–Crippen MR) is 79.2 cm³/mol. The van der Waals surface area contributed by atoms with Crippen molar-refractivity contribution in [2.75, 3.05) is 10.6 Å². The van der Waals surface area contributed by atoms with Gasteiger partial charge in [0.15, 0.2) is 0 Å². The lowest BCUT2D eigenvalue weighted by Gasteiger charge is -2.11. The first-order chi connectivity index (χ1) is 9.95. The Labute approximate surface area is 122 Å². The second-order valence-electron chi connectivity index (χ2n) is 4.80. The van der Waals surface area contributed by atoms with Crippen molar-refractivity contribution in [1.29, 1.82) is 0 Å². The summed E-state index contributed by atoms with van der Waals surface area (Å²) in [5.74, 6) is -1.10. The van der Waals surface area contributed by atoms with Crippen LogP contribution < -0.4 is 10.6 Å². The van der Waals surface area contributed by atoms with Gasteiger partial charge >= 0.3 is 0 Å². The number of anilines is 2. The van der Waals surface area contributed by atoms with Crippen molar-refractivity contribution in [3.63, 3.8) is 0 Å². The number of benzene rings is 2. The van der Waals surface area contributed by atoms with Crippen LogP contribution in [0, 0.1) is 18.6 Å². The summed E-state index contributed by atoms with van der Waals surface area (Å²) in [6.45, 7) is 3.63. The number of rotatable bonds is 4. The summed E-state index contributed by atoms with van der Waals surface area (Å²) < 4.78 is 26.5. The minimum Gasteiger partial charge on any atom is -0.381 e. The van der Waals surface area contributed by atoms with Gasteiger partial charge < -0.3 is 10.6 Å². The quantitative estimate of drug-likeness (QED) is 0.898. The van der Waals surface area contributed by atoms with Gasteiger partial charge in [-0.15, -0.1) is 0 Å². The van der Waals surface area contributed by atoms with E-state index >= 15 is 0 Å². The van der Waals surface area contributed by atoms with Crippen molar-refractivity contribution >= 4 is 17.3 Å². The molecular weight excluding hydrogens is 274 g/mol. The van der Waals surface area contributed by atoms with Crippen LogP contribution in [-0.4, -0.2) is 5.91 Å². The predicted octanol–water partition coefficient (Wildman–Crippen LogP) is 3.84. The lowest BCUT2D eigenvalue weighted by molar-refractivity contribution is -0.114. The molecule has 0 heterocycles. The molecular formula is C16H16F2N2O. The van der Waals surface area contributed by atoms with Crippen molar-refractivity contribution in [1.82, 2.24) is 0 Å². The number of hydrogen-bond donors (Lipinski definition) is 2. The van der Waals surface area contributed by atoms with Crippen LogP contribution in [0.4, 0.5) is 20.2 Å². The maximum atomic E-state index is 13.5. The van der Waals surface area contributed by atoms with E-state index in [0.717, 1.165) is 11.1 Å². The van der Waals surface area contributed by atoms with E-state index in [1.54, 1.807) is 12.1 Å². The second kappa shape index (κ2) is 6.35. The van der Waals surface area contributed by atoms with Gasteiger partial charge in [-0.3, -0.25) is 4.79 Å². The average molecular weight is 290 g/mol. The molecule has 1 amide bonds. The molecule has 3 nitrogen and oxygen atoms in total. The van der Waals surface area contributed by atoms with E-state index in [4.69, 9.17) is 0 Å². The first kappa shape index (κ1) is 15.0. The monoisotopic (exact) mass is 290 g/mol. The Balaban J connectivity index is 2.11. The van der Waals surface area contributed by atoms with Crippen LogP contribution in [0.15, 0.2) is 36.4 Å². The molecule has 2 aromatic carbocycles. The number of nitrogens with one attached hydrogen (secondary N) is 2. The summed E-state index contributed by atoms with van der Waals surface area (Å²) in [6, 6.07) is 8.96. The van der Waals surface area contributed by atoms with Crippen molar-refractivity contribution < 1.29 is 13.6 Å². The van der Waals surface area contributed by atoms with Crippen LogP contribution in [-0.2, 0) is 11.3 Å². The first-order valence-corrected chi connectivity index (χ1v) is 6.52. The molecule has 2 rings (SSSR count). The van der Waals surface area contributed by atoms with E-state index in [1.807, 2.05) is 6.92 Å². The molecule has 0 aromatic heterocycles. The lowest BCUT2D eigenvalue weighted by atomic mass is 10.1. The van der Waals surface area contributed by atoms with Crippen LogP contribution in [0.5, 0.6) is 0 Å². The summed E-state index contributed by atoms with van der Waals surface area (Å²) in [6.07, 6.45) is 0. The van der Waals surface area contributed by atoms with Gasteiger partial charge in [-0.2, -0.15) is 0 Å².